The Bertz CT molecular complexity index is 611. The summed E-state index contributed by atoms with van der Waals surface area (Å²) in [5.74, 6) is -0.0406. The number of ether oxygens (including phenoxy) is 2. The fourth-order valence-electron chi connectivity index (χ4n) is 3.58. The number of carbonyl (C=O) groups excluding carboxylic acids is 1. The van der Waals surface area contributed by atoms with Gasteiger partial charge in [-0.05, 0) is 31.6 Å². The summed E-state index contributed by atoms with van der Waals surface area (Å²) in [5, 5.41) is 50.0. The summed E-state index contributed by atoms with van der Waals surface area (Å²) in [7, 11) is 0. The first-order valence-electron chi connectivity index (χ1n) is 9.02. The van der Waals surface area contributed by atoms with Crippen LogP contribution in [0.25, 0.3) is 0 Å². The van der Waals surface area contributed by atoms with Crippen molar-refractivity contribution in [3.05, 3.63) is 23.8 Å². The number of ketones is 1. The van der Waals surface area contributed by atoms with Crippen molar-refractivity contribution in [2.24, 2.45) is 5.41 Å². The molecule has 7 atom stereocenters. The predicted molar refractivity (Wildman–Crippen MR) is 95.6 cm³/mol. The van der Waals surface area contributed by atoms with Crippen LogP contribution in [0.3, 0.4) is 0 Å². The molecule has 0 aromatic rings. The van der Waals surface area contributed by atoms with Crippen molar-refractivity contribution in [3.63, 3.8) is 0 Å². The highest BCUT2D eigenvalue weighted by Crippen LogP contribution is 2.44. The van der Waals surface area contributed by atoms with E-state index in [1.165, 1.54) is 6.08 Å². The molecule has 0 radical (unpaired) electrons. The molecule has 8 heteroatoms. The van der Waals surface area contributed by atoms with Crippen LogP contribution in [0.2, 0.25) is 0 Å². The lowest BCUT2D eigenvalue weighted by Crippen LogP contribution is -2.59. The predicted octanol–water partition coefficient (Wildman–Crippen LogP) is -0.576. The topological polar surface area (TPSA) is 137 Å². The number of carbonyl (C=O) groups is 1. The van der Waals surface area contributed by atoms with Gasteiger partial charge >= 0.3 is 0 Å². The Kier molecular flexibility index (Phi) is 6.63. The van der Waals surface area contributed by atoms with E-state index in [0.717, 1.165) is 0 Å². The van der Waals surface area contributed by atoms with Gasteiger partial charge in [-0.25, -0.2) is 0 Å². The summed E-state index contributed by atoms with van der Waals surface area (Å²) in [6.07, 6.45) is -2.64. The van der Waals surface area contributed by atoms with Crippen molar-refractivity contribution < 1.29 is 39.8 Å². The average Bonchev–Trinajstić information content (AvgIpc) is 2.58. The number of aliphatic hydroxyl groups is 5. The van der Waals surface area contributed by atoms with E-state index in [-0.39, 0.29) is 12.2 Å². The third kappa shape index (κ3) is 4.32. The van der Waals surface area contributed by atoms with Crippen LogP contribution in [0.4, 0.5) is 0 Å². The van der Waals surface area contributed by atoms with Crippen molar-refractivity contribution in [2.75, 3.05) is 6.61 Å². The zero-order valence-corrected chi connectivity index (χ0v) is 16.1. The fraction of sp³-hybridized carbons (Fsp3) is 0.737. The van der Waals surface area contributed by atoms with E-state index in [1.807, 2.05) is 0 Å². The third-order valence-electron chi connectivity index (χ3n) is 5.43. The highest BCUT2D eigenvalue weighted by atomic mass is 16.7. The molecule has 154 valence electrons. The summed E-state index contributed by atoms with van der Waals surface area (Å²) >= 11 is 0. The molecule has 2 aliphatic rings. The molecule has 1 unspecified atom stereocenters. The van der Waals surface area contributed by atoms with Crippen molar-refractivity contribution >= 4 is 5.78 Å². The Balaban J connectivity index is 2.11. The van der Waals surface area contributed by atoms with E-state index in [1.54, 1.807) is 39.8 Å². The molecule has 0 aromatic carbocycles. The molecule has 27 heavy (non-hydrogen) atoms. The normalized spacial score (nSPS) is 40.9. The van der Waals surface area contributed by atoms with Crippen LogP contribution >= 0.6 is 0 Å². The SMILES string of the molecule is CC1=CC(=O)CC(C)(C)[C@]1(O)/C=C/C(C)O[C@@H]1O[C@H](CO)[C@@H](O)[C@H](O)[C@H]1O. The highest BCUT2D eigenvalue weighted by molar-refractivity contribution is 5.92. The summed E-state index contributed by atoms with van der Waals surface area (Å²) in [5.41, 5.74) is -1.52. The summed E-state index contributed by atoms with van der Waals surface area (Å²) in [6, 6.07) is 0. The summed E-state index contributed by atoms with van der Waals surface area (Å²) in [6.45, 7) is 6.40. The van der Waals surface area contributed by atoms with Gasteiger partial charge in [0.25, 0.3) is 0 Å². The number of rotatable bonds is 5. The number of allylic oxidation sites excluding steroid dienone is 1. The second-order valence-corrected chi connectivity index (χ2v) is 8.02. The smallest absolute Gasteiger partial charge is 0.187 e. The standard InChI is InChI=1S/C19H30O8/c1-10-7-12(21)8-18(3,4)19(10,25)6-5-11(2)26-17-16(24)15(23)14(22)13(9-20)27-17/h5-7,11,13-17,20,22-25H,8-9H2,1-4H3/b6-5+/t11?,13-,14-,15+,16-,17-,19+/m1/s1. The van der Waals surface area contributed by atoms with Crippen LogP contribution in [0, 0.1) is 5.41 Å². The van der Waals surface area contributed by atoms with E-state index in [2.05, 4.69) is 0 Å². The minimum atomic E-state index is -1.52. The van der Waals surface area contributed by atoms with Crippen LogP contribution in [0.5, 0.6) is 0 Å². The lowest BCUT2D eigenvalue weighted by atomic mass is 9.64. The van der Waals surface area contributed by atoms with Gasteiger partial charge in [-0.3, -0.25) is 4.79 Å². The molecule has 0 aromatic heterocycles. The first-order valence-corrected chi connectivity index (χ1v) is 9.02. The first-order chi connectivity index (χ1) is 12.4. The van der Waals surface area contributed by atoms with Gasteiger partial charge in [0.15, 0.2) is 12.1 Å². The van der Waals surface area contributed by atoms with Crippen LogP contribution in [-0.2, 0) is 14.3 Å². The number of hydrogen-bond acceptors (Lipinski definition) is 8. The fourth-order valence-corrected chi connectivity index (χ4v) is 3.58. The van der Waals surface area contributed by atoms with Crippen molar-refractivity contribution in [3.8, 4) is 0 Å². The first kappa shape index (κ1) is 22.2. The molecule has 1 aliphatic heterocycles. The van der Waals surface area contributed by atoms with E-state index >= 15 is 0 Å². The van der Waals surface area contributed by atoms with E-state index < -0.39 is 54.4 Å². The summed E-state index contributed by atoms with van der Waals surface area (Å²) < 4.78 is 10.9. The molecule has 5 N–H and O–H groups in total. The average molecular weight is 386 g/mol. The molecule has 2 rings (SSSR count). The van der Waals surface area contributed by atoms with Crippen molar-refractivity contribution in [1.82, 2.24) is 0 Å². The zero-order chi connectivity index (χ0) is 20.6. The molecule has 0 amide bonds. The summed E-state index contributed by atoms with van der Waals surface area (Å²) in [4.78, 5) is 11.8. The second kappa shape index (κ2) is 8.08. The molecule has 1 aliphatic carbocycles. The Morgan fingerprint density at radius 2 is 1.93 bits per heavy atom. The van der Waals surface area contributed by atoms with Crippen LogP contribution in [0.15, 0.2) is 23.8 Å². The van der Waals surface area contributed by atoms with Crippen LogP contribution in [0.1, 0.15) is 34.1 Å². The molecule has 8 nitrogen and oxygen atoms in total. The minimum Gasteiger partial charge on any atom is -0.394 e. The number of hydrogen-bond donors (Lipinski definition) is 5. The van der Waals surface area contributed by atoms with Gasteiger partial charge < -0.3 is 35.0 Å². The van der Waals surface area contributed by atoms with E-state index in [0.29, 0.717) is 5.57 Å². The van der Waals surface area contributed by atoms with E-state index in [4.69, 9.17) is 9.47 Å². The zero-order valence-electron chi connectivity index (χ0n) is 16.1. The second-order valence-electron chi connectivity index (χ2n) is 8.02. The maximum absolute atomic E-state index is 11.8. The van der Waals surface area contributed by atoms with Crippen molar-refractivity contribution in [1.29, 1.82) is 0 Å². The van der Waals surface area contributed by atoms with E-state index in [9.17, 15) is 30.3 Å². The molecule has 0 spiro atoms. The third-order valence-corrected chi connectivity index (χ3v) is 5.43. The van der Waals surface area contributed by atoms with Crippen molar-refractivity contribution in [2.45, 2.75) is 76.5 Å². The highest BCUT2D eigenvalue weighted by Gasteiger charge is 2.47. The quantitative estimate of drug-likeness (QED) is 0.396. The Morgan fingerprint density at radius 1 is 1.30 bits per heavy atom. The van der Waals surface area contributed by atoms with Gasteiger partial charge in [-0.15, -0.1) is 0 Å². The molecule has 0 saturated carbocycles. The number of aliphatic hydroxyl groups excluding tert-OH is 4. The minimum absolute atomic E-state index is 0.0406. The van der Waals surface area contributed by atoms with Gasteiger partial charge in [0.2, 0.25) is 0 Å². The van der Waals surface area contributed by atoms with Crippen LogP contribution in [-0.4, -0.2) is 80.3 Å². The Hall–Kier alpha value is -1.13. The molecular formula is C19H30O8. The monoisotopic (exact) mass is 386 g/mol. The van der Waals surface area contributed by atoms with Gasteiger partial charge in [0.1, 0.15) is 30.0 Å². The molecule has 1 heterocycles. The Labute approximate surface area is 158 Å². The van der Waals surface area contributed by atoms with Gasteiger partial charge in [-0.1, -0.05) is 19.9 Å². The lowest BCUT2D eigenvalue weighted by Gasteiger charge is -2.44. The molecule has 1 saturated heterocycles. The lowest BCUT2D eigenvalue weighted by molar-refractivity contribution is -0.306. The van der Waals surface area contributed by atoms with Crippen LogP contribution < -0.4 is 0 Å². The maximum atomic E-state index is 11.8. The van der Waals surface area contributed by atoms with Gasteiger partial charge in [0, 0.05) is 11.8 Å². The van der Waals surface area contributed by atoms with Gasteiger partial charge in [0.05, 0.1) is 12.7 Å². The molecule has 0 bridgehead atoms. The van der Waals surface area contributed by atoms with Gasteiger partial charge in [-0.2, -0.15) is 0 Å². The Morgan fingerprint density at radius 3 is 2.48 bits per heavy atom. The molecular weight excluding hydrogens is 356 g/mol. The molecule has 1 fully saturated rings. The maximum Gasteiger partial charge on any atom is 0.187 e. The largest absolute Gasteiger partial charge is 0.394 e.